The van der Waals surface area contributed by atoms with E-state index in [-0.39, 0.29) is 29.5 Å². The van der Waals surface area contributed by atoms with Crippen LogP contribution < -0.4 is 0 Å². The molecule has 2 aromatic rings. The Labute approximate surface area is 171 Å². The lowest BCUT2D eigenvalue weighted by Crippen LogP contribution is -2.38. The molecule has 29 heavy (non-hydrogen) atoms. The molecule has 1 N–H and O–H groups in total. The third-order valence-corrected chi connectivity index (χ3v) is 5.45. The summed E-state index contributed by atoms with van der Waals surface area (Å²) in [7, 11) is 3.35. The lowest BCUT2D eigenvalue weighted by Gasteiger charge is -2.29. The highest BCUT2D eigenvalue weighted by Crippen LogP contribution is 2.35. The van der Waals surface area contributed by atoms with E-state index < -0.39 is 0 Å². The normalized spacial score (nSPS) is 14.7. The van der Waals surface area contributed by atoms with E-state index in [9.17, 15) is 9.59 Å². The summed E-state index contributed by atoms with van der Waals surface area (Å²) in [4.78, 5) is 31.1. The molecule has 0 atom stereocenters. The van der Waals surface area contributed by atoms with Crippen LogP contribution in [0.2, 0.25) is 0 Å². The predicted octanol–water partition coefficient (Wildman–Crippen LogP) is 4.40. The molecule has 5 nitrogen and oxygen atoms in total. The Morgan fingerprint density at radius 3 is 2.45 bits per heavy atom. The number of halogens is 1. The second kappa shape index (κ2) is 8.01. The van der Waals surface area contributed by atoms with E-state index in [1.807, 2.05) is 26.0 Å². The Kier molecular flexibility index (Phi) is 5.82. The van der Waals surface area contributed by atoms with E-state index in [1.54, 1.807) is 25.1 Å². The molecular weight excluding hydrogens is 369 g/mol. The van der Waals surface area contributed by atoms with Crippen molar-refractivity contribution >= 4 is 28.3 Å². The first-order valence-electron chi connectivity index (χ1n) is 10.2. The van der Waals surface area contributed by atoms with Crippen molar-refractivity contribution in [2.75, 3.05) is 27.2 Å². The third kappa shape index (κ3) is 3.93. The number of amides is 2. The van der Waals surface area contributed by atoms with Crippen molar-refractivity contribution in [3.63, 3.8) is 0 Å². The maximum absolute atomic E-state index is 15.6. The van der Waals surface area contributed by atoms with Gasteiger partial charge in [-0.2, -0.15) is 0 Å². The van der Waals surface area contributed by atoms with Gasteiger partial charge in [-0.15, -0.1) is 0 Å². The second-order valence-electron chi connectivity index (χ2n) is 8.59. The number of benzene rings is 1. The van der Waals surface area contributed by atoms with Crippen LogP contribution in [0.15, 0.2) is 18.2 Å². The molecule has 156 valence electrons. The molecule has 1 aliphatic rings. The van der Waals surface area contributed by atoms with E-state index in [1.165, 1.54) is 4.90 Å². The van der Waals surface area contributed by atoms with Crippen molar-refractivity contribution in [3.8, 4) is 0 Å². The number of carbonyl (C=O) groups is 2. The van der Waals surface area contributed by atoms with Crippen molar-refractivity contribution in [1.82, 2.24) is 14.8 Å². The minimum absolute atomic E-state index is 0.0832. The van der Waals surface area contributed by atoms with Crippen LogP contribution in [0, 0.1) is 11.7 Å². The fourth-order valence-electron chi connectivity index (χ4n) is 3.85. The molecule has 0 fully saturated rings. The van der Waals surface area contributed by atoms with E-state index in [0.717, 1.165) is 16.5 Å². The largest absolute Gasteiger partial charge is 0.348 e. The molecule has 3 rings (SSSR count). The van der Waals surface area contributed by atoms with Gasteiger partial charge in [0.05, 0.1) is 5.52 Å². The third-order valence-electron chi connectivity index (χ3n) is 5.45. The Hall–Kier alpha value is -2.63. The summed E-state index contributed by atoms with van der Waals surface area (Å²) in [5.74, 6) is -0.405. The minimum Gasteiger partial charge on any atom is -0.348 e. The van der Waals surface area contributed by atoms with Crippen LogP contribution in [0.4, 0.5) is 4.39 Å². The van der Waals surface area contributed by atoms with E-state index in [4.69, 9.17) is 0 Å². The molecule has 0 saturated carbocycles. The van der Waals surface area contributed by atoms with Gasteiger partial charge in [-0.1, -0.05) is 33.8 Å². The van der Waals surface area contributed by atoms with Gasteiger partial charge in [0, 0.05) is 44.1 Å². The standard InChI is InChI=1S/C23H30FN3O2/c1-13(2)16-10-17(15-8-7-9-27(12-15)22(28)14(3)4)20(24)21-18(16)11-19(25-21)23(29)26(5)6/h8,10-11,13-14,25H,7,9,12H2,1-6H3. The summed E-state index contributed by atoms with van der Waals surface area (Å²) >= 11 is 0. The zero-order chi connectivity index (χ0) is 21.5. The Morgan fingerprint density at radius 2 is 1.86 bits per heavy atom. The lowest BCUT2D eigenvalue weighted by atomic mass is 9.91. The van der Waals surface area contributed by atoms with Crippen molar-refractivity contribution in [3.05, 3.63) is 40.8 Å². The first-order valence-corrected chi connectivity index (χ1v) is 10.2. The van der Waals surface area contributed by atoms with Crippen molar-refractivity contribution < 1.29 is 14.0 Å². The fourth-order valence-corrected chi connectivity index (χ4v) is 3.85. The molecule has 0 aliphatic carbocycles. The van der Waals surface area contributed by atoms with Crippen LogP contribution in [0.25, 0.3) is 16.5 Å². The molecule has 0 spiro atoms. The molecular formula is C23H30FN3O2. The van der Waals surface area contributed by atoms with Crippen LogP contribution in [0.3, 0.4) is 0 Å². The lowest BCUT2D eigenvalue weighted by molar-refractivity contribution is -0.133. The number of rotatable bonds is 4. The zero-order valence-corrected chi connectivity index (χ0v) is 18.1. The summed E-state index contributed by atoms with van der Waals surface area (Å²) < 4.78 is 15.6. The average Bonchev–Trinajstić information content (AvgIpc) is 3.12. The fraction of sp³-hybridized carbons (Fsp3) is 0.478. The van der Waals surface area contributed by atoms with Crippen LogP contribution in [0.5, 0.6) is 0 Å². The first kappa shape index (κ1) is 21.1. The molecule has 0 saturated heterocycles. The van der Waals surface area contributed by atoms with Gasteiger partial charge in [-0.05, 0) is 35.6 Å². The highest BCUT2D eigenvalue weighted by molar-refractivity contribution is 6.00. The monoisotopic (exact) mass is 399 g/mol. The summed E-state index contributed by atoms with van der Waals surface area (Å²) in [5.41, 5.74) is 3.04. The number of aromatic nitrogens is 1. The number of hydrogen-bond acceptors (Lipinski definition) is 2. The Morgan fingerprint density at radius 1 is 1.17 bits per heavy atom. The molecule has 2 amide bonds. The molecule has 0 radical (unpaired) electrons. The minimum atomic E-state index is -0.368. The summed E-state index contributed by atoms with van der Waals surface area (Å²) in [6, 6.07) is 3.62. The van der Waals surface area contributed by atoms with Crippen molar-refractivity contribution in [2.24, 2.45) is 5.92 Å². The number of H-pyrrole nitrogens is 1. The smallest absolute Gasteiger partial charge is 0.269 e. The number of nitrogens with one attached hydrogen (secondary N) is 1. The van der Waals surface area contributed by atoms with E-state index >= 15 is 4.39 Å². The molecule has 0 bridgehead atoms. The highest BCUT2D eigenvalue weighted by Gasteiger charge is 2.25. The number of hydrogen-bond donors (Lipinski definition) is 1. The van der Waals surface area contributed by atoms with Gasteiger partial charge in [0.1, 0.15) is 5.69 Å². The van der Waals surface area contributed by atoms with E-state index in [2.05, 4.69) is 18.8 Å². The SMILES string of the molecule is CC(C)C(=O)N1CCC=C(c2cc(C(C)C)c3cc(C(=O)N(C)C)[nH]c3c2F)C1. The van der Waals surface area contributed by atoms with Gasteiger partial charge in [-0.3, -0.25) is 9.59 Å². The Balaban J connectivity index is 2.11. The highest BCUT2D eigenvalue weighted by atomic mass is 19.1. The molecule has 1 aromatic heterocycles. The number of carbonyl (C=O) groups excluding carboxylic acids is 2. The van der Waals surface area contributed by atoms with Crippen LogP contribution in [-0.4, -0.2) is 53.8 Å². The van der Waals surface area contributed by atoms with E-state index in [0.29, 0.717) is 36.3 Å². The number of fused-ring (bicyclic) bond motifs is 1. The molecule has 1 aliphatic heterocycles. The first-order chi connectivity index (χ1) is 13.6. The number of nitrogens with zero attached hydrogens (tertiary/aromatic N) is 2. The Bertz CT molecular complexity index is 986. The summed E-state index contributed by atoms with van der Waals surface area (Å²) in [5, 5.41) is 0.734. The van der Waals surface area contributed by atoms with Gasteiger partial charge in [0.25, 0.3) is 5.91 Å². The van der Waals surface area contributed by atoms with Gasteiger partial charge in [0.2, 0.25) is 5.91 Å². The van der Waals surface area contributed by atoms with Crippen LogP contribution in [-0.2, 0) is 4.79 Å². The molecule has 1 aromatic carbocycles. The van der Waals surface area contributed by atoms with Gasteiger partial charge in [-0.25, -0.2) is 4.39 Å². The molecule has 2 heterocycles. The maximum atomic E-state index is 15.6. The predicted molar refractivity (Wildman–Crippen MR) is 114 cm³/mol. The average molecular weight is 400 g/mol. The number of aromatic amines is 1. The molecule has 6 heteroatoms. The van der Waals surface area contributed by atoms with Gasteiger partial charge in [0.15, 0.2) is 5.82 Å². The van der Waals surface area contributed by atoms with Crippen LogP contribution >= 0.6 is 0 Å². The maximum Gasteiger partial charge on any atom is 0.269 e. The quantitative estimate of drug-likeness (QED) is 0.828. The molecule has 0 unspecified atom stereocenters. The second-order valence-corrected chi connectivity index (χ2v) is 8.59. The van der Waals surface area contributed by atoms with Crippen molar-refractivity contribution in [2.45, 2.75) is 40.0 Å². The van der Waals surface area contributed by atoms with Gasteiger partial charge < -0.3 is 14.8 Å². The summed E-state index contributed by atoms with van der Waals surface area (Å²) in [6.07, 6.45) is 2.73. The summed E-state index contributed by atoms with van der Waals surface area (Å²) in [6.45, 7) is 8.94. The van der Waals surface area contributed by atoms with Crippen molar-refractivity contribution in [1.29, 1.82) is 0 Å². The topological polar surface area (TPSA) is 56.4 Å². The van der Waals surface area contributed by atoms with Gasteiger partial charge >= 0.3 is 0 Å². The van der Waals surface area contributed by atoms with Crippen LogP contribution in [0.1, 0.15) is 61.6 Å². The zero-order valence-electron chi connectivity index (χ0n) is 18.1.